The molecule has 0 aromatic heterocycles. The molecule has 1 N–H and O–H groups in total. The van der Waals surface area contributed by atoms with E-state index in [9.17, 15) is 9.90 Å². The molecule has 1 aromatic rings. The van der Waals surface area contributed by atoms with Gasteiger partial charge in [-0.2, -0.15) is 0 Å². The molecule has 30 heavy (non-hydrogen) atoms. The average molecular weight is 409 g/mol. The zero-order valence-electron chi connectivity index (χ0n) is 19.6. The molecule has 3 aliphatic carbocycles. The van der Waals surface area contributed by atoms with E-state index in [-0.39, 0.29) is 5.78 Å². The van der Waals surface area contributed by atoms with Gasteiger partial charge in [-0.05, 0) is 89.4 Å². The second-order valence-corrected chi connectivity index (χ2v) is 11.1. The highest BCUT2D eigenvalue weighted by Gasteiger charge is 2.51. The van der Waals surface area contributed by atoms with E-state index in [0.29, 0.717) is 23.3 Å². The van der Waals surface area contributed by atoms with Crippen molar-refractivity contribution in [1.29, 1.82) is 0 Å². The number of allylic oxidation sites excluding steroid dienone is 1. The minimum atomic E-state index is 0.0796. The van der Waals surface area contributed by atoms with Crippen LogP contribution in [-0.2, 0) is 17.6 Å². The molecule has 0 radical (unpaired) electrons. The van der Waals surface area contributed by atoms with Gasteiger partial charge in [0.2, 0.25) is 0 Å². The molecule has 1 fully saturated rings. The Labute approximate surface area is 183 Å². The summed E-state index contributed by atoms with van der Waals surface area (Å²) in [5.74, 6) is 3.94. The lowest BCUT2D eigenvalue weighted by Crippen LogP contribution is -2.36. The van der Waals surface area contributed by atoms with Gasteiger partial charge in [-0.1, -0.05) is 59.6 Å². The number of aliphatic hydroxyl groups excluding tert-OH is 1. The summed E-state index contributed by atoms with van der Waals surface area (Å²) >= 11 is 0. The fourth-order valence-electron chi connectivity index (χ4n) is 7.06. The van der Waals surface area contributed by atoms with Crippen LogP contribution >= 0.6 is 0 Å². The van der Waals surface area contributed by atoms with Gasteiger partial charge in [0.25, 0.3) is 0 Å². The second kappa shape index (κ2) is 8.17. The second-order valence-electron chi connectivity index (χ2n) is 11.1. The van der Waals surface area contributed by atoms with Crippen LogP contribution < -0.4 is 0 Å². The Morgan fingerprint density at radius 2 is 1.83 bits per heavy atom. The highest BCUT2D eigenvalue weighted by atomic mass is 16.2. The van der Waals surface area contributed by atoms with E-state index in [2.05, 4.69) is 46.8 Å². The predicted octanol–water partition coefficient (Wildman–Crippen LogP) is 7.26. The van der Waals surface area contributed by atoms with Gasteiger partial charge in [-0.25, -0.2) is 0 Å². The average Bonchev–Trinajstić information content (AvgIpc) is 3.08. The van der Waals surface area contributed by atoms with Crippen molar-refractivity contribution in [3.8, 4) is 0 Å². The first-order valence-electron chi connectivity index (χ1n) is 12.3. The number of ketones is 1. The molecule has 0 amide bonds. The van der Waals surface area contributed by atoms with Crippen molar-refractivity contribution < 1.29 is 9.90 Å². The molecule has 1 aromatic carbocycles. The lowest BCUT2D eigenvalue weighted by molar-refractivity contribution is -0.114. The quantitative estimate of drug-likeness (QED) is 0.411. The van der Waals surface area contributed by atoms with E-state index in [1.165, 1.54) is 43.2 Å². The fourth-order valence-corrected chi connectivity index (χ4v) is 7.06. The van der Waals surface area contributed by atoms with Gasteiger partial charge in [-0.15, -0.1) is 0 Å². The van der Waals surface area contributed by atoms with Gasteiger partial charge in [0, 0.05) is 6.42 Å². The SMILES string of the molecule is CC(C)C(C)CCC(C)C1CCC2c3ccc4c(c3CCC21C)CCC(=O)C4=CO. The van der Waals surface area contributed by atoms with Crippen molar-refractivity contribution >= 4 is 11.4 Å². The van der Waals surface area contributed by atoms with Crippen LogP contribution in [0.25, 0.3) is 5.57 Å². The van der Waals surface area contributed by atoms with Gasteiger partial charge in [0.15, 0.2) is 5.78 Å². The molecule has 0 heterocycles. The summed E-state index contributed by atoms with van der Waals surface area (Å²) in [4.78, 5) is 12.2. The molecular formula is C28H40O2. The van der Waals surface area contributed by atoms with E-state index < -0.39 is 0 Å². The maximum atomic E-state index is 12.2. The minimum Gasteiger partial charge on any atom is -0.515 e. The van der Waals surface area contributed by atoms with E-state index in [1.807, 2.05) is 0 Å². The van der Waals surface area contributed by atoms with Crippen LogP contribution in [0, 0.1) is 29.1 Å². The molecule has 0 spiro atoms. The first kappa shape index (κ1) is 21.7. The lowest BCUT2D eigenvalue weighted by Gasteiger charge is -2.45. The Balaban J connectivity index is 1.59. The van der Waals surface area contributed by atoms with Crippen molar-refractivity contribution in [2.45, 2.75) is 91.9 Å². The third-order valence-electron chi connectivity index (χ3n) is 9.39. The number of aliphatic hydroxyl groups is 1. The number of fused-ring (bicyclic) bond motifs is 5. The van der Waals surface area contributed by atoms with Crippen LogP contribution in [0.5, 0.6) is 0 Å². The van der Waals surface area contributed by atoms with E-state index >= 15 is 0 Å². The maximum Gasteiger partial charge on any atom is 0.166 e. The monoisotopic (exact) mass is 408 g/mol. The first-order valence-corrected chi connectivity index (χ1v) is 12.3. The molecule has 164 valence electrons. The zero-order chi connectivity index (χ0) is 21.6. The number of rotatable bonds is 5. The summed E-state index contributed by atoms with van der Waals surface area (Å²) in [5.41, 5.74) is 6.31. The standard InChI is InChI=1S/C28H40O2/c1-17(2)18(3)6-7-19(4)25-11-12-26-23-9-8-21-20(10-13-27(30)24(21)16-29)22(23)14-15-28(25,26)5/h8-9,16-19,25-26,29H,6-7,10-15H2,1-5H3. The molecule has 5 unspecified atom stereocenters. The topological polar surface area (TPSA) is 37.3 Å². The number of hydrogen-bond donors (Lipinski definition) is 1. The molecule has 4 rings (SSSR count). The number of Topliss-reactive ketones (excluding diaryl/α,β-unsaturated/α-hetero) is 1. The van der Waals surface area contributed by atoms with Crippen LogP contribution in [-0.4, -0.2) is 10.9 Å². The molecule has 0 saturated heterocycles. The zero-order valence-corrected chi connectivity index (χ0v) is 19.6. The van der Waals surface area contributed by atoms with Crippen LogP contribution in [0.3, 0.4) is 0 Å². The van der Waals surface area contributed by atoms with Gasteiger partial charge in [0.05, 0.1) is 11.8 Å². The Kier molecular flexibility index (Phi) is 5.90. The normalized spacial score (nSPS) is 31.4. The maximum absolute atomic E-state index is 12.2. The van der Waals surface area contributed by atoms with E-state index in [0.717, 1.165) is 48.3 Å². The first-order chi connectivity index (χ1) is 14.3. The third-order valence-corrected chi connectivity index (χ3v) is 9.39. The van der Waals surface area contributed by atoms with E-state index in [4.69, 9.17) is 0 Å². The van der Waals surface area contributed by atoms with Crippen molar-refractivity contribution in [2.75, 3.05) is 0 Å². The van der Waals surface area contributed by atoms with Crippen LogP contribution in [0.1, 0.15) is 101 Å². The summed E-state index contributed by atoms with van der Waals surface area (Å²) in [6.45, 7) is 12.2. The minimum absolute atomic E-state index is 0.0796. The summed E-state index contributed by atoms with van der Waals surface area (Å²) in [7, 11) is 0. The third kappa shape index (κ3) is 3.45. The van der Waals surface area contributed by atoms with Gasteiger partial charge in [0.1, 0.15) is 0 Å². The summed E-state index contributed by atoms with van der Waals surface area (Å²) in [5, 5.41) is 9.64. The lowest BCUT2D eigenvalue weighted by atomic mass is 9.59. The molecule has 0 bridgehead atoms. The highest BCUT2D eigenvalue weighted by molar-refractivity contribution is 6.22. The van der Waals surface area contributed by atoms with Gasteiger partial charge >= 0.3 is 0 Å². The van der Waals surface area contributed by atoms with Crippen LogP contribution in [0.2, 0.25) is 0 Å². The largest absolute Gasteiger partial charge is 0.515 e. The van der Waals surface area contributed by atoms with Crippen molar-refractivity contribution in [3.05, 3.63) is 40.6 Å². The molecule has 1 saturated carbocycles. The van der Waals surface area contributed by atoms with Crippen LogP contribution in [0.15, 0.2) is 18.4 Å². The number of carbonyl (C=O) groups is 1. The Bertz CT molecular complexity index is 848. The fraction of sp³-hybridized carbons (Fsp3) is 0.679. The summed E-state index contributed by atoms with van der Waals surface area (Å²) in [6.07, 6.45) is 10.2. The van der Waals surface area contributed by atoms with E-state index in [1.54, 1.807) is 5.56 Å². The highest BCUT2D eigenvalue weighted by Crippen LogP contribution is 2.61. The number of carbonyl (C=O) groups excluding carboxylic acids is 1. The van der Waals surface area contributed by atoms with Crippen molar-refractivity contribution in [3.63, 3.8) is 0 Å². The van der Waals surface area contributed by atoms with Crippen LogP contribution in [0.4, 0.5) is 0 Å². The Hall–Kier alpha value is -1.57. The smallest absolute Gasteiger partial charge is 0.166 e. The molecule has 0 aliphatic heterocycles. The summed E-state index contributed by atoms with van der Waals surface area (Å²) < 4.78 is 0. The Morgan fingerprint density at radius 1 is 1.07 bits per heavy atom. The molecule has 3 aliphatic rings. The van der Waals surface area contributed by atoms with Gasteiger partial charge < -0.3 is 5.11 Å². The predicted molar refractivity (Wildman–Crippen MR) is 125 cm³/mol. The molecule has 5 atom stereocenters. The van der Waals surface area contributed by atoms with Gasteiger partial charge in [-0.3, -0.25) is 4.79 Å². The molecule has 2 nitrogen and oxygen atoms in total. The molecule has 2 heteroatoms. The molecular weight excluding hydrogens is 368 g/mol. The number of hydrogen-bond acceptors (Lipinski definition) is 2. The van der Waals surface area contributed by atoms with Crippen molar-refractivity contribution in [1.82, 2.24) is 0 Å². The Morgan fingerprint density at radius 3 is 2.53 bits per heavy atom. The van der Waals surface area contributed by atoms with Crippen molar-refractivity contribution in [2.24, 2.45) is 29.1 Å². The summed E-state index contributed by atoms with van der Waals surface area (Å²) in [6, 6.07) is 4.42. The number of benzene rings is 1.